The van der Waals surface area contributed by atoms with Gasteiger partial charge in [0.1, 0.15) is 12.0 Å². The van der Waals surface area contributed by atoms with Gasteiger partial charge in [-0.2, -0.15) is 27.4 Å². The van der Waals surface area contributed by atoms with Crippen LogP contribution in [0.25, 0.3) is 22.3 Å². The minimum Gasteiger partial charge on any atom is -0.346 e. The Kier molecular flexibility index (Phi) is 5.20. The molecule has 1 saturated carbocycles. The highest BCUT2D eigenvalue weighted by Crippen LogP contribution is 2.50. The molecule has 34 heavy (non-hydrogen) atoms. The van der Waals surface area contributed by atoms with Crippen LogP contribution in [-0.4, -0.2) is 67.9 Å². The standard InChI is InChI=1S/C23H28N8O2S/c24-6-5-23(31-15-19(12-28-31)21-20-4-7-25-22(20)27-16-26-21)10-17-13-30(14-18(17)11-23)34(32,33)29-8-2-1-3-9-29/h4,7,12,15-18H,1-3,5,8-11,13-14H2,(H,25,26,27)/t17-,18+,23-. The molecule has 1 N–H and O–H groups in total. The monoisotopic (exact) mass is 480 g/mol. The quantitative estimate of drug-likeness (QED) is 0.598. The van der Waals surface area contributed by atoms with Crippen LogP contribution >= 0.6 is 0 Å². The molecule has 3 aliphatic rings. The Morgan fingerprint density at radius 1 is 1.12 bits per heavy atom. The highest BCUT2D eigenvalue weighted by Gasteiger charge is 2.53. The predicted molar refractivity (Wildman–Crippen MR) is 125 cm³/mol. The summed E-state index contributed by atoms with van der Waals surface area (Å²) in [5, 5.41) is 15.3. The second kappa shape index (κ2) is 8.15. The summed E-state index contributed by atoms with van der Waals surface area (Å²) in [6.45, 7) is 2.31. The van der Waals surface area contributed by atoms with Crippen molar-refractivity contribution < 1.29 is 8.42 Å². The minimum atomic E-state index is -3.40. The molecular weight excluding hydrogens is 452 g/mol. The Balaban J connectivity index is 1.24. The Hall–Kier alpha value is -2.81. The molecule has 0 aromatic carbocycles. The molecule has 0 radical (unpaired) electrons. The Morgan fingerprint density at radius 3 is 2.62 bits per heavy atom. The van der Waals surface area contributed by atoms with Crippen molar-refractivity contribution in [2.24, 2.45) is 11.8 Å². The van der Waals surface area contributed by atoms with Gasteiger partial charge in [0.05, 0.1) is 29.9 Å². The number of hydrogen-bond acceptors (Lipinski definition) is 6. The molecule has 2 saturated heterocycles. The Morgan fingerprint density at radius 2 is 1.88 bits per heavy atom. The largest absolute Gasteiger partial charge is 0.346 e. The molecule has 10 nitrogen and oxygen atoms in total. The van der Waals surface area contributed by atoms with E-state index in [1.54, 1.807) is 14.8 Å². The fraction of sp³-hybridized carbons (Fsp3) is 0.565. The van der Waals surface area contributed by atoms with Gasteiger partial charge in [-0.05, 0) is 43.6 Å². The molecule has 1 aliphatic carbocycles. The second-order valence-electron chi connectivity index (χ2n) is 9.91. The number of H-pyrrole nitrogens is 1. The molecule has 5 heterocycles. The van der Waals surface area contributed by atoms with Crippen molar-refractivity contribution >= 4 is 21.2 Å². The van der Waals surface area contributed by atoms with Crippen LogP contribution in [0.5, 0.6) is 0 Å². The van der Waals surface area contributed by atoms with Crippen LogP contribution in [0.4, 0.5) is 0 Å². The van der Waals surface area contributed by atoms with E-state index < -0.39 is 15.7 Å². The summed E-state index contributed by atoms with van der Waals surface area (Å²) in [7, 11) is -3.40. The molecule has 3 atom stereocenters. The molecule has 0 spiro atoms. The van der Waals surface area contributed by atoms with Crippen LogP contribution in [0.15, 0.2) is 31.0 Å². The highest BCUT2D eigenvalue weighted by molar-refractivity contribution is 7.86. The minimum absolute atomic E-state index is 0.232. The highest BCUT2D eigenvalue weighted by atomic mass is 32.2. The van der Waals surface area contributed by atoms with Gasteiger partial charge in [0, 0.05) is 49.5 Å². The predicted octanol–water partition coefficient (Wildman–Crippen LogP) is 2.50. The average Bonchev–Trinajstić information content (AvgIpc) is 3.62. The lowest BCUT2D eigenvalue weighted by Crippen LogP contribution is -2.46. The molecule has 0 unspecified atom stereocenters. The number of fused-ring (bicyclic) bond motifs is 2. The smallest absolute Gasteiger partial charge is 0.281 e. The molecule has 2 aliphatic heterocycles. The SMILES string of the molecule is N#CC[C@]1(n2cc(-c3ncnc4[nH]ccc34)cn2)C[C@H]2CN(S(=O)(=O)N3CCCCC3)C[C@H]2C1. The summed E-state index contributed by atoms with van der Waals surface area (Å²) < 4.78 is 31.7. The summed E-state index contributed by atoms with van der Waals surface area (Å²) in [5.74, 6) is 0.465. The van der Waals surface area contributed by atoms with Crippen molar-refractivity contribution in [3.05, 3.63) is 31.0 Å². The number of hydrogen-bond donors (Lipinski definition) is 1. The zero-order valence-corrected chi connectivity index (χ0v) is 19.8. The van der Waals surface area contributed by atoms with E-state index in [0.717, 1.165) is 54.4 Å². The van der Waals surface area contributed by atoms with Crippen molar-refractivity contribution in [1.29, 1.82) is 5.26 Å². The summed E-state index contributed by atoms with van der Waals surface area (Å²) >= 11 is 0. The first-order valence-corrected chi connectivity index (χ1v) is 13.4. The number of piperidine rings is 1. The maximum atomic E-state index is 13.2. The first-order chi connectivity index (χ1) is 16.5. The summed E-state index contributed by atoms with van der Waals surface area (Å²) in [6, 6.07) is 4.32. The van der Waals surface area contributed by atoms with Gasteiger partial charge in [-0.25, -0.2) is 9.97 Å². The summed E-state index contributed by atoms with van der Waals surface area (Å²) in [5.41, 5.74) is 2.04. The fourth-order valence-electron chi connectivity index (χ4n) is 6.23. The zero-order chi connectivity index (χ0) is 23.3. The average molecular weight is 481 g/mol. The summed E-state index contributed by atoms with van der Waals surface area (Å²) in [4.78, 5) is 11.8. The molecule has 3 aromatic heterocycles. The lowest BCUT2D eigenvalue weighted by atomic mass is 9.92. The number of nitrogens with one attached hydrogen (secondary N) is 1. The van der Waals surface area contributed by atoms with Crippen molar-refractivity contribution in [3.63, 3.8) is 0 Å². The molecule has 0 amide bonds. The van der Waals surface area contributed by atoms with Crippen molar-refractivity contribution in [2.75, 3.05) is 26.2 Å². The normalized spacial score (nSPS) is 28.3. The van der Waals surface area contributed by atoms with Gasteiger partial charge in [-0.3, -0.25) is 4.68 Å². The molecule has 3 fully saturated rings. The maximum absolute atomic E-state index is 13.2. The Bertz CT molecular complexity index is 1340. The van der Waals surface area contributed by atoms with Gasteiger partial charge in [-0.15, -0.1) is 0 Å². The number of rotatable bonds is 5. The molecule has 178 valence electrons. The van der Waals surface area contributed by atoms with E-state index in [1.807, 2.05) is 23.1 Å². The van der Waals surface area contributed by atoms with Gasteiger partial charge in [0.25, 0.3) is 10.2 Å². The third kappa shape index (κ3) is 3.43. The van der Waals surface area contributed by atoms with Crippen LogP contribution in [0.2, 0.25) is 0 Å². The van der Waals surface area contributed by atoms with E-state index in [4.69, 9.17) is 0 Å². The molecule has 6 rings (SSSR count). The molecular formula is C23H28N8O2S. The third-order valence-electron chi connectivity index (χ3n) is 7.90. The van der Waals surface area contributed by atoms with Crippen molar-refractivity contribution in [1.82, 2.24) is 33.3 Å². The van der Waals surface area contributed by atoms with Gasteiger partial charge in [0.15, 0.2) is 0 Å². The van der Waals surface area contributed by atoms with E-state index in [0.29, 0.717) is 32.6 Å². The Labute approximate surface area is 198 Å². The van der Waals surface area contributed by atoms with Crippen LogP contribution in [0.1, 0.15) is 38.5 Å². The number of nitrogens with zero attached hydrogens (tertiary/aromatic N) is 7. The lowest BCUT2D eigenvalue weighted by molar-refractivity contribution is 0.236. The van der Waals surface area contributed by atoms with Crippen LogP contribution in [0.3, 0.4) is 0 Å². The first kappa shape index (κ1) is 21.7. The maximum Gasteiger partial charge on any atom is 0.281 e. The van der Waals surface area contributed by atoms with E-state index in [2.05, 4.69) is 26.1 Å². The van der Waals surface area contributed by atoms with Crippen molar-refractivity contribution in [2.45, 2.75) is 44.1 Å². The van der Waals surface area contributed by atoms with E-state index >= 15 is 0 Å². The van der Waals surface area contributed by atoms with Crippen LogP contribution in [0, 0.1) is 23.2 Å². The van der Waals surface area contributed by atoms with Crippen LogP contribution < -0.4 is 0 Å². The van der Waals surface area contributed by atoms with E-state index in [1.165, 1.54) is 6.33 Å². The third-order valence-corrected chi connectivity index (χ3v) is 9.87. The topological polar surface area (TPSA) is 124 Å². The first-order valence-electron chi connectivity index (χ1n) is 12.0. The van der Waals surface area contributed by atoms with E-state index in [9.17, 15) is 13.7 Å². The number of nitriles is 1. The molecule has 11 heteroatoms. The summed E-state index contributed by atoms with van der Waals surface area (Å²) in [6.07, 6.45) is 12.0. The van der Waals surface area contributed by atoms with Gasteiger partial charge in [-0.1, -0.05) is 6.42 Å². The second-order valence-corrected chi connectivity index (χ2v) is 11.8. The van der Waals surface area contributed by atoms with Crippen molar-refractivity contribution in [3.8, 4) is 17.3 Å². The van der Waals surface area contributed by atoms with Gasteiger partial charge in [0.2, 0.25) is 0 Å². The fourth-order valence-corrected chi connectivity index (χ4v) is 8.04. The van der Waals surface area contributed by atoms with Crippen LogP contribution in [-0.2, 0) is 15.7 Å². The lowest BCUT2D eigenvalue weighted by Gasteiger charge is -2.32. The van der Waals surface area contributed by atoms with E-state index in [-0.39, 0.29) is 11.8 Å². The van der Waals surface area contributed by atoms with Gasteiger partial charge >= 0.3 is 0 Å². The number of aromatic nitrogens is 5. The number of aromatic amines is 1. The zero-order valence-electron chi connectivity index (χ0n) is 19.0. The molecule has 0 bridgehead atoms. The van der Waals surface area contributed by atoms with Gasteiger partial charge < -0.3 is 4.98 Å². The molecule has 3 aromatic rings.